The molecule has 0 amide bonds. The van der Waals surface area contributed by atoms with Gasteiger partial charge in [-0.25, -0.2) is 0 Å². The Kier molecular flexibility index (Phi) is 5.23. The molecular formula is C11H23N. The zero-order valence-electron chi connectivity index (χ0n) is 9.22. The molecule has 0 saturated carbocycles. The molecule has 1 heteroatoms. The smallest absolute Gasteiger partial charge is 0.0301 e. The molecule has 0 radical (unpaired) electrons. The number of hydrogen-bond donors (Lipinski definition) is 0. The number of likely N-dealkylation sites (N-methyl/N-ethyl adjacent to an activating group) is 1. The Morgan fingerprint density at radius 1 is 1.33 bits per heavy atom. The van der Waals surface area contributed by atoms with Gasteiger partial charge in [0.05, 0.1) is 0 Å². The molecule has 72 valence electrons. The summed E-state index contributed by atoms with van der Waals surface area (Å²) >= 11 is 0. The summed E-state index contributed by atoms with van der Waals surface area (Å²) in [4.78, 5) is 2.36. The van der Waals surface area contributed by atoms with Crippen LogP contribution in [0.1, 0.15) is 34.1 Å². The molecule has 0 fully saturated rings. The van der Waals surface area contributed by atoms with Gasteiger partial charge in [-0.15, -0.1) is 0 Å². The van der Waals surface area contributed by atoms with Crippen molar-refractivity contribution in [3.05, 3.63) is 12.2 Å². The summed E-state index contributed by atoms with van der Waals surface area (Å²) in [6.45, 7) is 14.1. The Hall–Kier alpha value is -0.300. The first-order valence-electron chi connectivity index (χ1n) is 4.93. The van der Waals surface area contributed by atoms with Crippen molar-refractivity contribution in [3.8, 4) is 0 Å². The summed E-state index contributed by atoms with van der Waals surface area (Å²) in [5.74, 6) is 0.601. The SMILES string of the molecule is C=C(C(C)C)C(CC)N(C)CC. The van der Waals surface area contributed by atoms with Gasteiger partial charge >= 0.3 is 0 Å². The molecule has 12 heavy (non-hydrogen) atoms. The van der Waals surface area contributed by atoms with E-state index >= 15 is 0 Å². The molecule has 0 aromatic rings. The molecular weight excluding hydrogens is 146 g/mol. The number of rotatable bonds is 5. The Morgan fingerprint density at radius 2 is 1.83 bits per heavy atom. The summed E-state index contributed by atoms with van der Waals surface area (Å²) in [6, 6.07) is 0.565. The lowest BCUT2D eigenvalue weighted by Crippen LogP contribution is -2.33. The van der Waals surface area contributed by atoms with E-state index < -0.39 is 0 Å². The molecule has 0 aliphatic carbocycles. The third-order valence-corrected chi connectivity index (χ3v) is 2.59. The standard InChI is InChI=1S/C11H23N/c1-7-11(12(6)8-2)10(5)9(3)4/h9,11H,5,7-8H2,1-4,6H3. The largest absolute Gasteiger partial charge is 0.300 e. The van der Waals surface area contributed by atoms with Crippen LogP contribution in [0.25, 0.3) is 0 Å². The van der Waals surface area contributed by atoms with Gasteiger partial charge in [-0.05, 0) is 25.9 Å². The minimum atomic E-state index is 0.565. The lowest BCUT2D eigenvalue weighted by Gasteiger charge is -2.29. The minimum absolute atomic E-state index is 0.565. The van der Waals surface area contributed by atoms with Crippen LogP contribution in [0.2, 0.25) is 0 Å². The second-order valence-corrected chi connectivity index (χ2v) is 3.73. The lowest BCUT2D eigenvalue weighted by atomic mass is 9.95. The number of hydrogen-bond acceptors (Lipinski definition) is 1. The molecule has 0 aliphatic heterocycles. The quantitative estimate of drug-likeness (QED) is 0.572. The van der Waals surface area contributed by atoms with E-state index in [1.54, 1.807) is 0 Å². The second-order valence-electron chi connectivity index (χ2n) is 3.73. The fraction of sp³-hybridized carbons (Fsp3) is 0.818. The predicted molar refractivity (Wildman–Crippen MR) is 56.4 cm³/mol. The van der Waals surface area contributed by atoms with E-state index in [1.165, 1.54) is 12.0 Å². The zero-order valence-corrected chi connectivity index (χ0v) is 9.22. The van der Waals surface area contributed by atoms with Gasteiger partial charge in [0.15, 0.2) is 0 Å². The molecule has 0 rings (SSSR count). The topological polar surface area (TPSA) is 3.24 Å². The predicted octanol–water partition coefficient (Wildman–Crippen LogP) is 2.93. The zero-order chi connectivity index (χ0) is 9.72. The monoisotopic (exact) mass is 169 g/mol. The summed E-state index contributed by atoms with van der Waals surface area (Å²) in [5.41, 5.74) is 1.36. The van der Waals surface area contributed by atoms with Gasteiger partial charge in [0.2, 0.25) is 0 Å². The van der Waals surface area contributed by atoms with Crippen molar-refractivity contribution >= 4 is 0 Å². The molecule has 0 aromatic carbocycles. The van der Waals surface area contributed by atoms with Crippen molar-refractivity contribution < 1.29 is 0 Å². The van der Waals surface area contributed by atoms with Crippen LogP contribution in [0, 0.1) is 5.92 Å². The molecule has 0 heterocycles. The minimum Gasteiger partial charge on any atom is -0.300 e. The van der Waals surface area contributed by atoms with E-state index in [0.717, 1.165) is 6.54 Å². The molecule has 0 saturated heterocycles. The average Bonchev–Trinajstić information content (AvgIpc) is 2.05. The number of nitrogens with zero attached hydrogens (tertiary/aromatic N) is 1. The summed E-state index contributed by atoms with van der Waals surface area (Å²) in [6.07, 6.45) is 1.17. The van der Waals surface area contributed by atoms with Crippen LogP contribution in [-0.4, -0.2) is 24.5 Å². The van der Waals surface area contributed by atoms with Gasteiger partial charge < -0.3 is 0 Å². The van der Waals surface area contributed by atoms with E-state index in [9.17, 15) is 0 Å². The summed E-state index contributed by atoms with van der Waals surface area (Å²) < 4.78 is 0. The molecule has 1 unspecified atom stereocenters. The second kappa shape index (κ2) is 5.36. The van der Waals surface area contributed by atoms with Crippen molar-refractivity contribution in [2.45, 2.75) is 40.2 Å². The maximum atomic E-state index is 4.15. The highest BCUT2D eigenvalue weighted by Crippen LogP contribution is 2.18. The van der Waals surface area contributed by atoms with Crippen LogP contribution in [-0.2, 0) is 0 Å². The van der Waals surface area contributed by atoms with Crippen LogP contribution in [0.4, 0.5) is 0 Å². The van der Waals surface area contributed by atoms with Gasteiger partial charge in [-0.2, -0.15) is 0 Å². The Morgan fingerprint density at radius 3 is 2.08 bits per heavy atom. The molecule has 0 bridgehead atoms. The summed E-state index contributed by atoms with van der Waals surface area (Å²) in [7, 11) is 2.17. The van der Waals surface area contributed by atoms with Crippen molar-refractivity contribution in [3.63, 3.8) is 0 Å². The van der Waals surface area contributed by atoms with Crippen molar-refractivity contribution in [2.75, 3.05) is 13.6 Å². The normalized spacial score (nSPS) is 13.9. The van der Waals surface area contributed by atoms with Crippen LogP contribution in [0.3, 0.4) is 0 Å². The Labute approximate surface area is 77.5 Å². The fourth-order valence-corrected chi connectivity index (χ4v) is 1.46. The maximum absolute atomic E-state index is 4.15. The molecule has 0 aliphatic rings. The molecule has 1 nitrogen and oxygen atoms in total. The molecule has 1 atom stereocenters. The third-order valence-electron chi connectivity index (χ3n) is 2.59. The Balaban J connectivity index is 4.24. The maximum Gasteiger partial charge on any atom is 0.0301 e. The van der Waals surface area contributed by atoms with Crippen molar-refractivity contribution in [1.29, 1.82) is 0 Å². The van der Waals surface area contributed by atoms with Crippen molar-refractivity contribution in [1.82, 2.24) is 4.90 Å². The van der Waals surface area contributed by atoms with Crippen LogP contribution >= 0.6 is 0 Å². The van der Waals surface area contributed by atoms with Crippen LogP contribution in [0.15, 0.2) is 12.2 Å². The van der Waals surface area contributed by atoms with Gasteiger partial charge in [0.25, 0.3) is 0 Å². The van der Waals surface area contributed by atoms with Gasteiger partial charge in [0, 0.05) is 6.04 Å². The lowest BCUT2D eigenvalue weighted by molar-refractivity contribution is 0.268. The molecule has 0 spiro atoms. The van der Waals surface area contributed by atoms with E-state index in [4.69, 9.17) is 0 Å². The first-order chi connectivity index (χ1) is 5.54. The van der Waals surface area contributed by atoms with Crippen LogP contribution < -0.4 is 0 Å². The fourth-order valence-electron chi connectivity index (χ4n) is 1.46. The first kappa shape index (κ1) is 11.7. The van der Waals surface area contributed by atoms with Crippen LogP contribution in [0.5, 0.6) is 0 Å². The van der Waals surface area contributed by atoms with Gasteiger partial charge in [0.1, 0.15) is 0 Å². The first-order valence-corrected chi connectivity index (χ1v) is 4.93. The summed E-state index contributed by atoms with van der Waals surface area (Å²) in [5, 5.41) is 0. The highest BCUT2D eigenvalue weighted by atomic mass is 15.1. The average molecular weight is 169 g/mol. The highest BCUT2D eigenvalue weighted by molar-refractivity contribution is 5.07. The van der Waals surface area contributed by atoms with E-state index in [0.29, 0.717) is 12.0 Å². The van der Waals surface area contributed by atoms with E-state index in [2.05, 4.69) is 46.2 Å². The Bertz CT molecular complexity index is 138. The van der Waals surface area contributed by atoms with E-state index in [1.807, 2.05) is 0 Å². The molecule has 0 N–H and O–H groups in total. The molecule has 0 aromatic heterocycles. The van der Waals surface area contributed by atoms with Gasteiger partial charge in [-0.3, -0.25) is 4.90 Å². The third kappa shape index (κ3) is 2.98. The van der Waals surface area contributed by atoms with Gasteiger partial charge in [-0.1, -0.05) is 39.8 Å². The highest BCUT2D eigenvalue weighted by Gasteiger charge is 2.16. The van der Waals surface area contributed by atoms with Crippen molar-refractivity contribution in [2.24, 2.45) is 5.92 Å². The van der Waals surface area contributed by atoms with E-state index in [-0.39, 0.29) is 0 Å².